The van der Waals surface area contributed by atoms with Gasteiger partial charge in [-0.1, -0.05) is 0 Å². The van der Waals surface area contributed by atoms with Gasteiger partial charge in [0.2, 0.25) is 5.75 Å². The number of benzene rings is 2. The first-order chi connectivity index (χ1) is 13.2. The van der Waals surface area contributed by atoms with Crippen molar-refractivity contribution in [1.29, 1.82) is 5.26 Å². The summed E-state index contributed by atoms with van der Waals surface area (Å²) in [5.74, 6) is -0.773. The van der Waals surface area contributed by atoms with Crippen molar-refractivity contribution in [1.82, 2.24) is 5.43 Å². The molecule has 8 nitrogen and oxygen atoms in total. The molecule has 0 radical (unpaired) electrons. The quantitative estimate of drug-likeness (QED) is 0.456. The lowest BCUT2D eigenvalue weighted by Gasteiger charge is -2.10. The third kappa shape index (κ3) is 5.53. The number of alkyl halides is 3. The number of nitriles is 1. The third-order valence-electron chi connectivity index (χ3n) is 3.23. The van der Waals surface area contributed by atoms with E-state index in [4.69, 9.17) is 10.00 Å². The van der Waals surface area contributed by atoms with Crippen LogP contribution in [0.3, 0.4) is 0 Å². The summed E-state index contributed by atoms with van der Waals surface area (Å²) < 4.78 is 43.4. The zero-order chi connectivity index (χ0) is 20.7. The van der Waals surface area contributed by atoms with E-state index in [9.17, 15) is 28.1 Å². The first-order valence-corrected chi connectivity index (χ1v) is 7.53. The number of amides is 1. The van der Waals surface area contributed by atoms with Crippen LogP contribution in [0.25, 0.3) is 0 Å². The summed E-state index contributed by atoms with van der Waals surface area (Å²) >= 11 is 0. The van der Waals surface area contributed by atoms with Gasteiger partial charge in [-0.25, -0.2) is 5.43 Å². The van der Waals surface area contributed by atoms with Gasteiger partial charge in [0, 0.05) is 6.07 Å². The normalized spacial score (nSPS) is 11.1. The van der Waals surface area contributed by atoms with Crippen molar-refractivity contribution in [2.75, 3.05) is 0 Å². The summed E-state index contributed by atoms with van der Waals surface area (Å²) in [6.07, 6.45) is -3.76. The Bertz CT molecular complexity index is 950. The van der Waals surface area contributed by atoms with Gasteiger partial charge in [-0.2, -0.15) is 23.5 Å². The minimum Gasteiger partial charge on any atom is -0.450 e. The van der Waals surface area contributed by atoms with E-state index in [0.29, 0.717) is 17.7 Å². The van der Waals surface area contributed by atoms with E-state index in [2.05, 4.69) is 10.5 Å². The Kier molecular flexibility index (Phi) is 6.28. The van der Waals surface area contributed by atoms with E-state index in [0.717, 1.165) is 6.07 Å². The molecule has 2 rings (SSSR count). The maximum atomic E-state index is 12.7. The predicted molar refractivity (Wildman–Crippen MR) is 90.6 cm³/mol. The molecule has 1 amide bonds. The molecule has 2 aromatic rings. The van der Waals surface area contributed by atoms with Crippen molar-refractivity contribution in [3.05, 3.63) is 63.7 Å². The Labute approximate surface area is 156 Å². The van der Waals surface area contributed by atoms with Gasteiger partial charge in [0.15, 0.2) is 0 Å². The van der Waals surface area contributed by atoms with Crippen molar-refractivity contribution < 1.29 is 27.6 Å². The molecule has 0 fully saturated rings. The van der Waals surface area contributed by atoms with Gasteiger partial charge >= 0.3 is 11.9 Å². The van der Waals surface area contributed by atoms with Crippen LogP contribution < -0.4 is 10.2 Å². The average molecular weight is 392 g/mol. The first-order valence-electron chi connectivity index (χ1n) is 7.53. The number of hydrogen-bond acceptors (Lipinski definition) is 6. The number of ether oxygens (including phenoxy) is 1. The maximum Gasteiger partial charge on any atom is 0.416 e. The summed E-state index contributed by atoms with van der Waals surface area (Å²) in [4.78, 5) is 21.2. The molecule has 0 aliphatic carbocycles. The molecule has 0 saturated carbocycles. The summed E-state index contributed by atoms with van der Waals surface area (Å²) in [7, 11) is 0. The van der Waals surface area contributed by atoms with Gasteiger partial charge in [-0.15, -0.1) is 0 Å². The summed E-state index contributed by atoms with van der Waals surface area (Å²) in [5.41, 5.74) is 0.693. The second-order valence-electron chi connectivity index (χ2n) is 5.24. The van der Waals surface area contributed by atoms with Gasteiger partial charge in [-0.05, 0) is 42.0 Å². The fourth-order valence-electron chi connectivity index (χ4n) is 1.96. The number of nitro benzene ring substituents is 1. The molecular formula is C17H11F3N4O4. The van der Waals surface area contributed by atoms with E-state index in [1.165, 1.54) is 30.5 Å². The highest BCUT2D eigenvalue weighted by atomic mass is 19.4. The number of hydrazone groups is 1. The Morgan fingerprint density at radius 3 is 2.54 bits per heavy atom. The van der Waals surface area contributed by atoms with E-state index in [1.54, 1.807) is 6.07 Å². The van der Waals surface area contributed by atoms with E-state index < -0.39 is 28.3 Å². The van der Waals surface area contributed by atoms with Crippen LogP contribution in [0, 0.1) is 21.4 Å². The van der Waals surface area contributed by atoms with Crippen LogP contribution in [0.5, 0.6) is 11.5 Å². The van der Waals surface area contributed by atoms with Crippen molar-refractivity contribution in [2.24, 2.45) is 5.10 Å². The average Bonchev–Trinajstić information content (AvgIpc) is 2.62. The van der Waals surface area contributed by atoms with Crippen LogP contribution >= 0.6 is 0 Å². The minimum absolute atomic E-state index is 0.147. The molecule has 144 valence electrons. The minimum atomic E-state index is -4.72. The molecule has 11 heteroatoms. The highest BCUT2D eigenvalue weighted by molar-refractivity contribution is 5.83. The van der Waals surface area contributed by atoms with Crippen molar-refractivity contribution in [3.63, 3.8) is 0 Å². The highest BCUT2D eigenvalue weighted by Crippen LogP contribution is 2.37. The number of nitrogens with zero attached hydrogens (tertiary/aromatic N) is 3. The topological polar surface area (TPSA) is 118 Å². The Morgan fingerprint density at radius 2 is 1.96 bits per heavy atom. The lowest BCUT2D eigenvalue weighted by molar-refractivity contribution is -0.385. The first kappa shape index (κ1) is 20.4. The van der Waals surface area contributed by atoms with E-state index >= 15 is 0 Å². The smallest absolute Gasteiger partial charge is 0.416 e. The van der Waals surface area contributed by atoms with Gasteiger partial charge in [0.1, 0.15) is 12.2 Å². The largest absolute Gasteiger partial charge is 0.450 e. The fraction of sp³-hybridized carbons (Fsp3) is 0.118. The zero-order valence-electron chi connectivity index (χ0n) is 13.9. The molecule has 0 atom stereocenters. The van der Waals surface area contributed by atoms with Crippen LogP contribution in [0.4, 0.5) is 18.9 Å². The Hall–Kier alpha value is -3.94. The van der Waals surface area contributed by atoms with Crippen LogP contribution in [-0.2, 0) is 11.0 Å². The molecule has 0 spiro atoms. The Morgan fingerprint density at radius 1 is 1.29 bits per heavy atom. The summed E-state index contributed by atoms with van der Waals surface area (Å²) in [6, 6.07) is 9.47. The lowest BCUT2D eigenvalue weighted by Crippen LogP contribution is -2.16. The van der Waals surface area contributed by atoms with Gasteiger partial charge < -0.3 is 4.74 Å². The number of carbonyl (C=O) groups is 1. The molecular weight excluding hydrogens is 381 g/mol. The number of hydrogen-bond donors (Lipinski definition) is 1. The molecule has 2 aromatic carbocycles. The number of nitro groups is 1. The molecule has 0 bridgehead atoms. The molecule has 0 aromatic heterocycles. The van der Waals surface area contributed by atoms with Crippen LogP contribution in [0.2, 0.25) is 0 Å². The monoisotopic (exact) mass is 392 g/mol. The summed E-state index contributed by atoms with van der Waals surface area (Å²) in [5, 5.41) is 23.0. The van der Waals surface area contributed by atoms with E-state index in [1.807, 2.05) is 0 Å². The number of rotatable bonds is 6. The number of carbonyl (C=O) groups excluding carboxylic acids is 1. The number of halogens is 3. The molecule has 0 saturated heterocycles. The molecule has 0 aliphatic heterocycles. The van der Waals surface area contributed by atoms with Crippen LogP contribution in [0.15, 0.2) is 47.6 Å². The Balaban J connectivity index is 2.14. The molecule has 1 N–H and O–H groups in total. The van der Waals surface area contributed by atoms with Crippen molar-refractivity contribution >= 4 is 17.8 Å². The second-order valence-corrected chi connectivity index (χ2v) is 5.24. The van der Waals surface area contributed by atoms with Gasteiger partial charge in [-0.3, -0.25) is 14.9 Å². The SMILES string of the molecule is N#CCC(=O)N/N=C/c1ccc(Oc2ccc(C(F)(F)F)cc2[N+](=O)[O-])cc1. The number of nitrogens with one attached hydrogen (secondary N) is 1. The van der Waals surface area contributed by atoms with Gasteiger partial charge in [0.25, 0.3) is 5.91 Å². The molecule has 0 aliphatic rings. The highest BCUT2D eigenvalue weighted by Gasteiger charge is 2.33. The maximum absolute atomic E-state index is 12.7. The van der Waals surface area contributed by atoms with Crippen LogP contribution in [0.1, 0.15) is 17.5 Å². The fourth-order valence-corrected chi connectivity index (χ4v) is 1.96. The standard InChI is InChI=1S/C17H11F3N4O4/c18-17(19,20)12-3-6-15(14(9-12)24(26)27)28-13-4-1-11(2-5-13)10-22-23-16(25)7-8-21/h1-6,9-10H,7H2,(H,23,25)/b22-10+. The van der Waals surface area contributed by atoms with Crippen molar-refractivity contribution in [2.45, 2.75) is 12.6 Å². The third-order valence-corrected chi connectivity index (χ3v) is 3.23. The zero-order valence-corrected chi connectivity index (χ0v) is 13.9. The molecule has 28 heavy (non-hydrogen) atoms. The van der Waals surface area contributed by atoms with Gasteiger partial charge in [0.05, 0.1) is 22.8 Å². The molecule has 0 unspecified atom stereocenters. The van der Waals surface area contributed by atoms with E-state index in [-0.39, 0.29) is 17.9 Å². The summed E-state index contributed by atoms with van der Waals surface area (Å²) in [6.45, 7) is 0. The second kappa shape index (κ2) is 8.63. The lowest BCUT2D eigenvalue weighted by atomic mass is 10.2. The van der Waals surface area contributed by atoms with Crippen LogP contribution in [-0.4, -0.2) is 17.0 Å². The van der Waals surface area contributed by atoms with Crippen molar-refractivity contribution in [3.8, 4) is 17.6 Å². The predicted octanol–water partition coefficient (Wildman–Crippen LogP) is 3.77. The molecule has 0 heterocycles.